The lowest BCUT2D eigenvalue weighted by Crippen LogP contribution is -2.37. The van der Waals surface area contributed by atoms with Crippen molar-refractivity contribution in [3.8, 4) is 5.75 Å². The van der Waals surface area contributed by atoms with Crippen LogP contribution in [-0.2, 0) is 21.0 Å². The normalized spacial score (nSPS) is 12.1. The maximum absolute atomic E-state index is 13.0. The van der Waals surface area contributed by atoms with Crippen LogP contribution in [-0.4, -0.2) is 38.3 Å². The molecule has 0 aliphatic rings. The predicted molar refractivity (Wildman–Crippen MR) is 107 cm³/mol. The number of hydrogen-bond donors (Lipinski definition) is 1. The minimum absolute atomic E-state index is 0.0165. The van der Waals surface area contributed by atoms with Crippen molar-refractivity contribution >= 4 is 33.2 Å². The lowest BCUT2D eigenvalue weighted by Gasteiger charge is -2.20. The third-order valence-electron chi connectivity index (χ3n) is 4.00. The summed E-state index contributed by atoms with van der Waals surface area (Å²) >= 11 is 5.55. The zero-order chi connectivity index (χ0) is 22.5. The number of likely N-dealkylation sites (N-methyl/N-ethyl adjacent to an activating group) is 1. The molecule has 0 aromatic heterocycles. The fourth-order valence-electron chi connectivity index (χ4n) is 2.57. The highest BCUT2D eigenvalue weighted by molar-refractivity contribution is 7.89. The molecule has 30 heavy (non-hydrogen) atoms. The number of halogens is 4. The van der Waals surface area contributed by atoms with E-state index in [0.29, 0.717) is 18.4 Å². The minimum Gasteiger partial charge on any atom is -0.494 e. The number of amides is 1. The van der Waals surface area contributed by atoms with Gasteiger partial charge in [0.25, 0.3) is 0 Å². The number of carbonyl (C=O) groups is 1. The Morgan fingerprint density at radius 1 is 1.13 bits per heavy atom. The SMILES string of the molecule is CCOc1ccc(S(=O)(=O)N(CC)CC(=O)Nc2ccc(Cl)c(C(F)(F)F)c2)cc1. The summed E-state index contributed by atoms with van der Waals surface area (Å²) in [6, 6.07) is 8.61. The highest BCUT2D eigenvalue weighted by Crippen LogP contribution is 2.36. The Morgan fingerprint density at radius 2 is 1.77 bits per heavy atom. The van der Waals surface area contributed by atoms with Gasteiger partial charge in [0.05, 0.1) is 28.6 Å². The van der Waals surface area contributed by atoms with Crippen LogP contribution in [0.15, 0.2) is 47.4 Å². The molecule has 0 heterocycles. The molecular formula is C19H20ClF3N2O4S. The molecule has 164 valence electrons. The first-order chi connectivity index (χ1) is 14.0. The second-order valence-electron chi connectivity index (χ2n) is 6.08. The average molecular weight is 465 g/mol. The van der Waals surface area contributed by atoms with Gasteiger partial charge in [0.1, 0.15) is 5.75 Å². The zero-order valence-electron chi connectivity index (χ0n) is 16.2. The fraction of sp³-hybridized carbons (Fsp3) is 0.316. The van der Waals surface area contributed by atoms with Gasteiger partial charge < -0.3 is 10.1 Å². The number of carbonyl (C=O) groups excluding carboxylic acids is 1. The van der Waals surface area contributed by atoms with E-state index in [1.54, 1.807) is 13.8 Å². The molecule has 0 fully saturated rings. The number of rotatable bonds is 8. The first-order valence-corrected chi connectivity index (χ1v) is 10.7. The summed E-state index contributed by atoms with van der Waals surface area (Å²) in [6.07, 6.45) is -4.69. The van der Waals surface area contributed by atoms with Gasteiger partial charge in [-0.1, -0.05) is 18.5 Å². The van der Waals surface area contributed by atoms with E-state index < -0.39 is 39.2 Å². The number of nitrogens with zero attached hydrogens (tertiary/aromatic N) is 1. The minimum atomic E-state index is -4.69. The van der Waals surface area contributed by atoms with Gasteiger partial charge in [0.15, 0.2) is 0 Å². The van der Waals surface area contributed by atoms with Crippen molar-refractivity contribution in [3.05, 3.63) is 53.1 Å². The number of hydrogen-bond acceptors (Lipinski definition) is 4. The summed E-state index contributed by atoms with van der Waals surface area (Å²) in [6.45, 7) is 3.17. The summed E-state index contributed by atoms with van der Waals surface area (Å²) in [5.41, 5.74) is -1.25. The molecule has 0 spiro atoms. The van der Waals surface area contributed by atoms with Crippen LogP contribution < -0.4 is 10.1 Å². The molecule has 0 aliphatic heterocycles. The van der Waals surface area contributed by atoms with Crippen molar-refractivity contribution < 1.29 is 31.1 Å². The number of alkyl halides is 3. The highest BCUT2D eigenvalue weighted by Gasteiger charge is 2.33. The lowest BCUT2D eigenvalue weighted by atomic mass is 10.2. The van der Waals surface area contributed by atoms with E-state index >= 15 is 0 Å². The second-order valence-corrected chi connectivity index (χ2v) is 8.42. The van der Waals surface area contributed by atoms with E-state index in [4.69, 9.17) is 16.3 Å². The Bertz CT molecular complexity index is 996. The lowest BCUT2D eigenvalue weighted by molar-refractivity contribution is -0.137. The first-order valence-electron chi connectivity index (χ1n) is 8.88. The standard InChI is InChI=1S/C19H20ClF3N2O4S/c1-3-25(30(27,28)15-8-6-14(7-9-15)29-4-2)12-18(26)24-13-5-10-17(20)16(11-13)19(21,22)23/h5-11H,3-4,12H2,1-2H3,(H,24,26). The van der Waals surface area contributed by atoms with Crippen LogP contribution in [0, 0.1) is 0 Å². The number of ether oxygens (including phenoxy) is 1. The van der Waals surface area contributed by atoms with Crippen molar-refractivity contribution in [2.45, 2.75) is 24.9 Å². The van der Waals surface area contributed by atoms with Crippen molar-refractivity contribution in [1.29, 1.82) is 0 Å². The van der Waals surface area contributed by atoms with Gasteiger partial charge in [0, 0.05) is 12.2 Å². The third kappa shape index (κ3) is 5.87. The van der Waals surface area contributed by atoms with Gasteiger partial charge in [-0.05, 0) is 49.4 Å². The maximum atomic E-state index is 13.0. The van der Waals surface area contributed by atoms with E-state index in [1.165, 1.54) is 30.3 Å². The molecule has 0 saturated heterocycles. The molecule has 0 aliphatic carbocycles. The van der Waals surface area contributed by atoms with Crippen LogP contribution in [0.4, 0.5) is 18.9 Å². The molecule has 2 aromatic rings. The molecule has 2 rings (SSSR count). The summed E-state index contributed by atoms with van der Waals surface area (Å²) in [4.78, 5) is 12.3. The second kappa shape index (κ2) is 9.67. The van der Waals surface area contributed by atoms with Crippen molar-refractivity contribution in [3.63, 3.8) is 0 Å². The van der Waals surface area contributed by atoms with Gasteiger partial charge in [0.2, 0.25) is 15.9 Å². The number of sulfonamides is 1. The summed E-state index contributed by atoms with van der Waals surface area (Å²) in [5, 5.41) is 1.77. The largest absolute Gasteiger partial charge is 0.494 e. The van der Waals surface area contributed by atoms with Crippen molar-refractivity contribution in [2.75, 3.05) is 25.0 Å². The Kier molecular flexibility index (Phi) is 7.73. The average Bonchev–Trinajstić information content (AvgIpc) is 2.67. The van der Waals surface area contributed by atoms with Crippen LogP contribution in [0.2, 0.25) is 5.02 Å². The number of nitrogens with one attached hydrogen (secondary N) is 1. The molecule has 0 bridgehead atoms. The third-order valence-corrected chi connectivity index (χ3v) is 6.27. The van der Waals surface area contributed by atoms with Gasteiger partial charge in [-0.2, -0.15) is 17.5 Å². The Hall–Kier alpha value is -2.30. The zero-order valence-corrected chi connectivity index (χ0v) is 17.7. The van der Waals surface area contributed by atoms with E-state index in [2.05, 4.69) is 5.32 Å². The van der Waals surface area contributed by atoms with Gasteiger partial charge >= 0.3 is 6.18 Å². The molecule has 0 saturated carbocycles. The Morgan fingerprint density at radius 3 is 2.30 bits per heavy atom. The van der Waals surface area contributed by atoms with Crippen molar-refractivity contribution in [1.82, 2.24) is 4.31 Å². The van der Waals surface area contributed by atoms with Crippen LogP contribution >= 0.6 is 11.6 Å². The quantitative estimate of drug-likeness (QED) is 0.628. The molecule has 1 amide bonds. The molecule has 0 unspecified atom stereocenters. The predicted octanol–water partition coefficient (Wildman–Crippen LogP) is 4.41. The molecule has 0 radical (unpaired) electrons. The molecule has 1 N–H and O–H groups in total. The number of benzene rings is 2. The van der Waals surface area contributed by atoms with E-state index in [-0.39, 0.29) is 17.1 Å². The van der Waals surface area contributed by atoms with Gasteiger partial charge in [-0.25, -0.2) is 8.42 Å². The molecule has 6 nitrogen and oxygen atoms in total. The number of anilines is 1. The highest BCUT2D eigenvalue weighted by atomic mass is 35.5. The topological polar surface area (TPSA) is 75.7 Å². The van der Waals surface area contributed by atoms with Crippen LogP contribution in [0.3, 0.4) is 0 Å². The van der Waals surface area contributed by atoms with E-state index in [1.807, 2.05) is 0 Å². The monoisotopic (exact) mass is 464 g/mol. The molecule has 11 heteroatoms. The van der Waals surface area contributed by atoms with Crippen LogP contribution in [0.1, 0.15) is 19.4 Å². The summed E-state index contributed by atoms with van der Waals surface area (Å²) in [7, 11) is -3.99. The van der Waals surface area contributed by atoms with Crippen LogP contribution in [0.5, 0.6) is 5.75 Å². The van der Waals surface area contributed by atoms with Crippen LogP contribution in [0.25, 0.3) is 0 Å². The first kappa shape index (κ1) is 24.0. The smallest absolute Gasteiger partial charge is 0.417 e. The molecular weight excluding hydrogens is 445 g/mol. The summed E-state index contributed by atoms with van der Waals surface area (Å²) < 4.78 is 70.6. The van der Waals surface area contributed by atoms with Gasteiger partial charge in [-0.15, -0.1) is 0 Å². The Balaban J connectivity index is 2.16. The van der Waals surface area contributed by atoms with Crippen molar-refractivity contribution in [2.24, 2.45) is 0 Å². The fourth-order valence-corrected chi connectivity index (χ4v) is 4.20. The molecule has 2 aromatic carbocycles. The Labute approximate surface area is 177 Å². The van der Waals surface area contributed by atoms with E-state index in [9.17, 15) is 26.4 Å². The van der Waals surface area contributed by atoms with E-state index in [0.717, 1.165) is 10.4 Å². The van der Waals surface area contributed by atoms with Gasteiger partial charge in [-0.3, -0.25) is 4.79 Å². The summed E-state index contributed by atoms with van der Waals surface area (Å²) in [5.74, 6) is -0.290. The maximum Gasteiger partial charge on any atom is 0.417 e. The molecule has 0 atom stereocenters.